The molecule has 1 fully saturated rings. The predicted molar refractivity (Wildman–Crippen MR) is 86.6 cm³/mol. The molecule has 1 amide bonds. The van der Waals surface area contributed by atoms with Crippen molar-refractivity contribution in [1.82, 2.24) is 9.88 Å². The molecule has 0 unspecified atom stereocenters. The fourth-order valence-electron chi connectivity index (χ4n) is 2.06. The normalized spacial score (nSPS) is 16.7. The summed E-state index contributed by atoms with van der Waals surface area (Å²) in [5.74, 6) is -1.78. The van der Waals surface area contributed by atoms with Crippen molar-refractivity contribution in [2.24, 2.45) is 0 Å². The van der Waals surface area contributed by atoms with Gasteiger partial charge in [0.05, 0.1) is 28.6 Å². The van der Waals surface area contributed by atoms with E-state index in [0.29, 0.717) is 10.6 Å². The van der Waals surface area contributed by atoms with Crippen LogP contribution in [0.1, 0.15) is 5.69 Å². The first kappa shape index (κ1) is 14.7. The molecule has 0 bridgehead atoms. The minimum atomic E-state index is -1.35. The van der Waals surface area contributed by atoms with E-state index < -0.39 is 18.4 Å². The number of thiocarbonyl (C=S) groups is 1. The van der Waals surface area contributed by atoms with Gasteiger partial charge in [0, 0.05) is 5.39 Å². The van der Waals surface area contributed by atoms with Crippen LogP contribution in [0.25, 0.3) is 17.0 Å². The van der Waals surface area contributed by atoms with Gasteiger partial charge in [-0.05, 0) is 18.2 Å². The Balaban J connectivity index is 1.92. The molecule has 7 heteroatoms. The molecule has 1 saturated heterocycles. The number of carboxylic acids is 1. The minimum absolute atomic E-state index is 0.209. The van der Waals surface area contributed by atoms with E-state index in [0.717, 1.165) is 27.6 Å². The number of amides is 1. The van der Waals surface area contributed by atoms with Gasteiger partial charge in [0.25, 0.3) is 5.91 Å². The Morgan fingerprint density at radius 3 is 2.86 bits per heavy atom. The van der Waals surface area contributed by atoms with Gasteiger partial charge in [0.15, 0.2) is 0 Å². The molecule has 3 rings (SSSR count). The highest BCUT2D eigenvalue weighted by molar-refractivity contribution is 8.26. The second kappa shape index (κ2) is 5.86. The Morgan fingerprint density at radius 1 is 1.32 bits per heavy atom. The molecule has 2 heterocycles. The summed E-state index contributed by atoms with van der Waals surface area (Å²) in [6, 6.07) is 11.4. The van der Waals surface area contributed by atoms with Crippen LogP contribution in [0.3, 0.4) is 0 Å². The van der Waals surface area contributed by atoms with Gasteiger partial charge in [-0.3, -0.25) is 9.69 Å². The van der Waals surface area contributed by atoms with Gasteiger partial charge in [0.2, 0.25) is 0 Å². The summed E-state index contributed by atoms with van der Waals surface area (Å²) in [5, 5.41) is 11.7. The Hall–Kier alpha value is -2.25. The van der Waals surface area contributed by atoms with Crippen LogP contribution in [0.15, 0.2) is 41.3 Å². The van der Waals surface area contributed by atoms with Crippen molar-refractivity contribution in [2.45, 2.75) is 0 Å². The molecule has 1 aromatic heterocycles. The average molecular weight is 329 g/mol. The number of para-hydroxylation sites is 1. The number of benzene rings is 1. The molecule has 0 spiro atoms. The molecule has 1 aromatic carbocycles. The summed E-state index contributed by atoms with van der Waals surface area (Å²) >= 11 is 6.08. The molecular weight excluding hydrogens is 320 g/mol. The van der Waals surface area contributed by atoms with Crippen molar-refractivity contribution in [2.75, 3.05) is 6.54 Å². The van der Waals surface area contributed by atoms with E-state index in [-0.39, 0.29) is 4.32 Å². The van der Waals surface area contributed by atoms with Crippen LogP contribution in [-0.2, 0) is 9.59 Å². The van der Waals surface area contributed by atoms with Crippen molar-refractivity contribution in [3.05, 3.63) is 47.0 Å². The van der Waals surface area contributed by atoms with Gasteiger partial charge in [-0.15, -0.1) is 0 Å². The van der Waals surface area contributed by atoms with Gasteiger partial charge in [-0.2, -0.15) is 0 Å². The number of aliphatic carboxylic acids is 1. The first-order valence-corrected chi connectivity index (χ1v) is 7.58. The fourth-order valence-corrected chi connectivity index (χ4v) is 3.30. The van der Waals surface area contributed by atoms with Gasteiger partial charge < -0.3 is 9.90 Å². The third kappa shape index (κ3) is 2.86. The monoisotopic (exact) mass is 329 g/mol. The zero-order chi connectivity index (χ0) is 15.7. The molecule has 22 heavy (non-hydrogen) atoms. The Morgan fingerprint density at radius 2 is 2.09 bits per heavy atom. The smallest absolute Gasteiger partial charge is 0.266 e. The van der Waals surface area contributed by atoms with E-state index in [2.05, 4.69) is 4.98 Å². The van der Waals surface area contributed by atoms with Crippen LogP contribution in [-0.4, -0.2) is 32.6 Å². The van der Waals surface area contributed by atoms with Crippen LogP contribution in [0, 0.1) is 0 Å². The van der Waals surface area contributed by atoms with Crippen molar-refractivity contribution in [3.8, 4) is 0 Å². The molecule has 110 valence electrons. The lowest BCUT2D eigenvalue weighted by Crippen LogP contribution is -2.40. The summed E-state index contributed by atoms with van der Waals surface area (Å²) in [4.78, 5) is 28.6. The number of carbonyl (C=O) groups is 2. The van der Waals surface area contributed by atoms with Crippen LogP contribution in [0.5, 0.6) is 0 Å². The minimum Gasteiger partial charge on any atom is -0.548 e. The van der Waals surface area contributed by atoms with Gasteiger partial charge in [0.1, 0.15) is 4.32 Å². The SMILES string of the molecule is O=C([O-])CN1C(=O)/C(=C/c2ccc3ccccc3n2)SC1=S. The predicted octanol–water partition coefficient (Wildman–Crippen LogP) is 1.19. The maximum Gasteiger partial charge on any atom is 0.266 e. The molecular formula is C15H9N2O3S2-. The first-order valence-electron chi connectivity index (χ1n) is 6.35. The maximum atomic E-state index is 12.1. The zero-order valence-electron chi connectivity index (χ0n) is 11.2. The fraction of sp³-hybridized carbons (Fsp3) is 0.0667. The molecule has 0 aliphatic carbocycles. The summed E-state index contributed by atoms with van der Waals surface area (Å²) in [5.41, 5.74) is 1.44. The molecule has 0 atom stereocenters. The van der Waals surface area contributed by atoms with Gasteiger partial charge in [-0.1, -0.05) is 48.2 Å². The molecule has 1 aliphatic heterocycles. The number of hydrogen-bond donors (Lipinski definition) is 0. The largest absolute Gasteiger partial charge is 0.548 e. The number of aromatic nitrogens is 1. The third-order valence-corrected chi connectivity index (χ3v) is 4.44. The standard InChI is InChI=1S/C15H10N2O3S2/c18-13(19)8-17-14(20)12(22-15(17)21)7-10-6-5-9-3-1-2-4-11(9)16-10/h1-7H,8H2,(H,18,19)/p-1/b12-7-. The summed E-state index contributed by atoms with van der Waals surface area (Å²) in [7, 11) is 0. The van der Waals surface area contributed by atoms with Crippen LogP contribution >= 0.6 is 24.0 Å². The van der Waals surface area contributed by atoms with Crippen molar-refractivity contribution < 1.29 is 14.7 Å². The number of rotatable bonds is 3. The zero-order valence-corrected chi connectivity index (χ0v) is 12.8. The molecule has 0 radical (unpaired) electrons. The second-order valence-electron chi connectivity index (χ2n) is 4.57. The molecule has 2 aromatic rings. The van der Waals surface area contributed by atoms with E-state index in [1.165, 1.54) is 0 Å². The molecule has 0 N–H and O–H groups in total. The lowest BCUT2D eigenvalue weighted by molar-refractivity contribution is -0.305. The highest BCUT2D eigenvalue weighted by Gasteiger charge is 2.31. The van der Waals surface area contributed by atoms with Crippen molar-refractivity contribution in [3.63, 3.8) is 0 Å². The number of carbonyl (C=O) groups excluding carboxylic acids is 2. The third-order valence-electron chi connectivity index (χ3n) is 3.06. The maximum absolute atomic E-state index is 12.1. The Bertz CT molecular complexity index is 832. The van der Waals surface area contributed by atoms with E-state index in [1.807, 2.05) is 30.3 Å². The Kier molecular flexibility index (Phi) is 3.91. The number of pyridine rings is 1. The van der Waals surface area contributed by atoms with Crippen molar-refractivity contribution >= 4 is 57.2 Å². The lowest BCUT2D eigenvalue weighted by atomic mass is 10.2. The Labute approximate surface area is 135 Å². The number of carboxylic acid groups (broad SMARTS) is 1. The topological polar surface area (TPSA) is 73.3 Å². The summed E-state index contributed by atoms with van der Waals surface area (Å²) in [6.45, 7) is -0.535. The quantitative estimate of drug-likeness (QED) is 0.622. The number of hydrogen-bond acceptors (Lipinski definition) is 6. The first-order chi connectivity index (χ1) is 10.5. The van der Waals surface area contributed by atoms with E-state index in [9.17, 15) is 14.7 Å². The summed E-state index contributed by atoms with van der Waals surface area (Å²) in [6.07, 6.45) is 1.61. The van der Waals surface area contributed by atoms with Crippen LogP contribution < -0.4 is 5.11 Å². The average Bonchev–Trinajstić information content (AvgIpc) is 2.74. The van der Waals surface area contributed by atoms with Gasteiger partial charge in [-0.25, -0.2) is 4.98 Å². The number of fused-ring (bicyclic) bond motifs is 1. The summed E-state index contributed by atoms with van der Waals surface area (Å²) < 4.78 is 0.209. The van der Waals surface area contributed by atoms with Crippen molar-refractivity contribution in [1.29, 1.82) is 0 Å². The number of nitrogens with zero attached hydrogens (tertiary/aromatic N) is 2. The van der Waals surface area contributed by atoms with Crippen LogP contribution in [0.2, 0.25) is 0 Å². The highest BCUT2D eigenvalue weighted by atomic mass is 32.2. The van der Waals surface area contributed by atoms with E-state index in [4.69, 9.17) is 12.2 Å². The highest BCUT2D eigenvalue weighted by Crippen LogP contribution is 2.32. The van der Waals surface area contributed by atoms with E-state index >= 15 is 0 Å². The molecule has 0 saturated carbocycles. The molecule has 5 nitrogen and oxygen atoms in total. The second-order valence-corrected chi connectivity index (χ2v) is 6.24. The number of thioether (sulfide) groups is 1. The lowest BCUT2D eigenvalue weighted by Gasteiger charge is -2.14. The van der Waals surface area contributed by atoms with Gasteiger partial charge >= 0.3 is 0 Å². The van der Waals surface area contributed by atoms with E-state index in [1.54, 1.807) is 12.1 Å². The van der Waals surface area contributed by atoms with Crippen LogP contribution in [0.4, 0.5) is 0 Å². The molecule has 1 aliphatic rings.